The van der Waals surface area contributed by atoms with E-state index in [0.717, 1.165) is 0 Å². The van der Waals surface area contributed by atoms with Crippen molar-refractivity contribution in [3.63, 3.8) is 0 Å². The minimum absolute atomic E-state index is 0.135. The third-order valence-corrected chi connectivity index (χ3v) is 6.57. The first kappa shape index (κ1) is 20.0. The quantitative estimate of drug-likeness (QED) is 0.727. The highest BCUT2D eigenvalue weighted by atomic mass is 16.6. The van der Waals surface area contributed by atoms with E-state index in [1.807, 2.05) is 0 Å². The summed E-state index contributed by atoms with van der Waals surface area (Å²) < 4.78 is 22.2. The lowest BCUT2D eigenvalue weighted by Crippen LogP contribution is -2.56. The van der Waals surface area contributed by atoms with Gasteiger partial charge in [0.1, 0.15) is 22.7 Å². The number of aliphatic hydroxyl groups is 2. The molecule has 0 amide bonds. The Kier molecular flexibility index (Phi) is 4.19. The molecule has 1 aromatic carbocycles. The van der Waals surface area contributed by atoms with Crippen LogP contribution in [0.2, 0.25) is 0 Å². The van der Waals surface area contributed by atoms with Gasteiger partial charge in [0, 0.05) is 11.1 Å². The van der Waals surface area contributed by atoms with Crippen molar-refractivity contribution in [2.24, 2.45) is 0 Å². The van der Waals surface area contributed by atoms with Gasteiger partial charge in [-0.1, -0.05) is 0 Å². The first-order chi connectivity index (χ1) is 13.6. The van der Waals surface area contributed by atoms with Gasteiger partial charge in [-0.15, -0.1) is 0 Å². The van der Waals surface area contributed by atoms with Crippen molar-refractivity contribution in [2.45, 2.75) is 69.4 Å². The van der Waals surface area contributed by atoms with E-state index in [1.165, 1.54) is 13.8 Å². The van der Waals surface area contributed by atoms with Crippen molar-refractivity contribution in [1.82, 2.24) is 0 Å². The van der Waals surface area contributed by atoms with Gasteiger partial charge >= 0.3 is 11.9 Å². The van der Waals surface area contributed by atoms with E-state index in [2.05, 4.69) is 0 Å². The lowest BCUT2D eigenvalue weighted by molar-refractivity contribution is -0.183. The average molecular weight is 406 g/mol. The van der Waals surface area contributed by atoms with Crippen molar-refractivity contribution in [3.05, 3.63) is 23.3 Å². The van der Waals surface area contributed by atoms with Gasteiger partial charge in [0.05, 0.1) is 13.2 Å². The maximum Gasteiger partial charge on any atom is 0.353 e. The number of carbonyl (C=O) groups is 2. The maximum absolute atomic E-state index is 12.8. The molecule has 1 aliphatic carbocycles. The standard InChI is InChI=1S/C21H26O8/c1-5-26-16(22)18(3)20(24)10-7-11-21(25)15-13(9-8-12(28-18)14(15)20)29-19(21,4)17(23)27-6-2/h8-9,24-25H,5-7,10-11H2,1-4H3. The molecule has 0 saturated carbocycles. The van der Waals surface area contributed by atoms with Crippen LogP contribution in [0.15, 0.2) is 12.1 Å². The Morgan fingerprint density at radius 2 is 1.28 bits per heavy atom. The number of carbonyl (C=O) groups excluding carboxylic acids is 2. The van der Waals surface area contributed by atoms with Gasteiger partial charge in [-0.2, -0.15) is 0 Å². The highest BCUT2D eigenvalue weighted by Crippen LogP contribution is 2.63. The third kappa shape index (κ3) is 2.21. The van der Waals surface area contributed by atoms with Gasteiger partial charge < -0.3 is 29.2 Å². The molecule has 0 aromatic heterocycles. The van der Waals surface area contributed by atoms with Gasteiger partial charge in [-0.25, -0.2) is 9.59 Å². The topological polar surface area (TPSA) is 112 Å². The molecule has 158 valence electrons. The van der Waals surface area contributed by atoms with E-state index in [-0.39, 0.29) is 48.7 Å². The molecule has 2 N–H and O–H groups in total. The molecule has 3 aliphatic rings. The highest BCUT2D eigenvalue weighted by Gasteiger charge is 2.71. The van der Waals surface area contributed by atoms with Crippen LogP contribution in [0.5, 0.6) is 11.5 Å². The van der Waals surface area contributed by atoms with Crippen LogP contribution < -0.4 is 9.47 Å². The minimum atomic E-state index is -1.74. The van der Waals surface area contributed by atoms with Gasteiger partial charge in [-0.05, 0) is 59.1 Å². The SMILES string of the molecule is CCOC(=O)C1(C)Oc2ccc3c4c2C1(O)CCCC4(O)C(C)(C(=O)OCC)O3. The molecular formula is C21H26O8. The zero-order chi connectivity index (χ0) is 21.2. The monoisotopic (exact) mass is 406 g/mol. The summed E-state index contributed by atoms with van der Waals surface area (Å²) in [5.74, 6) is -0.854. The van der Waals surface area contributed by atoms with E-state index in [1.54, 1.807) is 26.0 Å². The van der Waals surface area contributed by atoms with Crippen LogP contribution in [-0.2, 0) is 30.3 Å². The molecule has 8 heteroatoms. The Morgan fingerprint density at radius 3 is 1.62 bits per heavy atom. The molecule has 0 fully saturated rings. The Balaban J connectivity index is 1.93. The van der Waals surface area contributed by atoms with Crippen LogP contribution in [0, 0.1) is 0 Å². The fraction of sp³-hybridized carbons (Fsp3) is 0.619. The molecule has 2 heterocycles. The summed E-state index contributed by atoms with van der Waals surface area (Å²) in [5.41, 5.74) is -6.30. The van der Waals surface area contributed by atoms with Crippen LogP contribution in [-0.4, -0.2) is 46.6 Å². The van der Waals surface area contributed by atoms with E-state index < -0.39 is 34.3 Å². The van der Waals surface area contributed by atoms with E-state index in [9.17, 15) is 19.8 Å². The lowest BCUT2D eigenvalue weighted by atomic mass is 9.73. The third-order valence-electron chi connectivity index (χ3n) is 6.57. The second kappa shape index (κ2) is 6.09. The number of benzene rings is 1. The maximum atomic E-state index is 12.8. The zero-order valence-corrected chi connectivity index (χ0v) is 17.0. The largest absolute Gasteiger partial charge is 0.472 e. The van der Waals surface area contributed by atoms with Gasteiger partial charge in [0.25, 0.3) is 0 Å². The smallest absolute Gasteiger partial charge is 0.353 e. The highest BCUT2D eigenvalue weighted by molar-refractivity contribution is 5.87. The Bertz CT molecular complexity index is 826. The van der Waals surface area contributed by atoms with Crippen molar-refractivity contribution < 1.29 is 38.7 Å². The molecule has 8 nitrogen and oxygen atoms in total. The van der Waals surface area contributed by atoms with E-state index in [4.69, 9.17) is 18.9 Å². The average Bonchev–Trinajstić information content (AvgIpc) is 2.97. The number of esters is 2. The molecule has 4 atom stereocenters. The van der Waals surface area contributed by atoms with Crippen LogP contribution in [0.1, 0.15) is 58.1 Å². The lowest BCUT2D eigenvalue weighted by Gasteiger charge is -2.36. The summed E-state index contributed by atoms with van der Waals surface area (Å²) in [6.45, 7) is 6.60. The number of hydrogen-bond acceptors (Lipinski definition) is 8. The predicted molar refractivity (Wildman–Crippen MR) is 99.4 cm³/mol. The molecule has 29 heavy (non-hydrogen) atoms. The first-order valence-electron chi connectivity index (χ1n) is 9.94. The van der Waals surface area contributed by atoms with Crippen LogP contribution in [0.4, 0.5) is 0 Å². The van der Waals surface area contributed by atoms with Crippen LogP contribution in [0.25, 0.3) is 0 Å². The Hall–Kier alpha value is -2.32. The van der Waals surface area contributed by atoms with Crippen LogP contribution in [0.3, 0.4) is 0 Å². The fourth-order valence-corrected chi connectivity index (χ4v) is 4.93. The van der Waals surface area contributed by atoms with Crippen LogP contribution >= 0.6 is 0 Å². The molecule has 1 aromatic rings. The second-order valence-corrected chi connectivity index (χ2v) is 8.10. The molecule has 0 spiro atoms. The summed E-state index contributed by atoms with van der Waals surface area (Å²) in [6, 6.07) is 3.15. The number of hydrogen-bond donors (Lipinski definition) is 2. The number of ether oxygens (including phenoxy) is 4. The Morgan fingerprint density at radius 1 is 0.897 bits per heavy atom. The molecular weight excluding hydrogens is 380 g/mol. The van der Waals surface area contributed by atoms with Crippen molar-refractivity contribution >= 4 is 11.9 Å². The Labute approximate surface area is 168 Å². The van der Waals surface area contributed by atoms with E-state index >= 15 is 0 Å². The molecule has 4 unspecified atom stereocenters. The van der Waals surface area contributed by atoms with Crippen molar-refractivity contribution in [1.29, 1.82) is 0 Å². The normalized spacial score (nSPS) is 36.5. The summed E-state index contributed by atoms with van der Waals surface area (Å²) >= 11 is 0. The number of rotatable bonds is 4. The second-order valence-electron chi connectivity index (χ2n) is 8.10. The zero-order valence-electron chi connectivity index (χ0n) is 17.0. The molecule has 0 bridgehead atoms. The fourth-order valence-electron chi connectivity index (χ4n) is 4.93. The molecule has 4 rings (SSSR count). The van der Waals surface area contributed by atoms with Crippen molar-refractivity contribution in [2.75, 3.05) is 13.2 Å². The molecule has 2 aliphatic heterocycles. The van der Waals surface area contributed by atoms with Gasteiger partial charge in [0.15, 0.2) is 0 Å². The molecule has 0 saturated heterocycles. The van der Waals surface area contributed by atoms with E-state index in [0.29, 0.717) is 6.42 Å². The van der Waals surface area contributed by atoms with Crippen molar-refractivity contribution in [3.8, 4) is 11.5 Å². The summed E-state index contributed by atoms with van der Waals surface area (Å²) in [6.07, 6.45) is 0.608. The summed E-state index contributed by atoms with van der Waals surface area (Å²) in [5, 5.41) is 23.5. The predicted octanol–water partition coefficient (Wildman–Crippen LogP) is 1.67. The first-order valence-corrected chi connectivity index (χ1v) is 9.94. The molecule has 0 radical (unpaired) electrons. The van der Waals surface area contributed by atoms with Gasteiger partial charge in [-0.3, -0.25) is 0 Å². The summed E-state index contributed by atoms with van der Waals surface area (Å²) in [4.78, 5) is 25.5. The summed E-state index contributed by atoms with van der Waals surface area (Å²) in [7, 11) is 0. The minimum Gasteiger partial charge on any atom is -0.472 e. The van der Waals surface area contributed by atoms with Gasteiger partial charge in [0.2, 0.25) is 11.2 Å².